The lowest BCUT2D eigenvalue weighted by Gasteiger charge is -2.31. The lowest BCUT2D eigenvalue weighted by Crippen LogP contribution is -2.37. The van der Waals surface area contributed by atoms with Gasteiger partial charge in [0, 0.05) is 22.6 Å². The third-order valence-electron chi connectivity index (χ3n) is 4.73. The summed E-state index contributed by atoms with van der Waals surface area (Å²) in [7, 11) is 0. The van der Waals surface area contributed by atoms with E-state index in [0.29, 0.717) is 0 Å². The van der Waals surface area contributed by atoms with Crippen LogP contribution in [-0.4, -0.2) is 29.0 Å². The Morgan fingerprint density at radius 1 is 1.11 bits per heavy atom. The maximum atomic E-state index is 3.61. The molecule has 2 heterocycles. The first-order valence-corrected chi connectivity index (χ1v) is 7.24. The van der Waals surface area contributed by atoms with Gasteiger partial charge in [0.2, 0.25) is 0 Å². The van der Waals surface area contributed by atoms with Crippen LogP contribution < -0.4 is 0 Å². The first kappa shape index (κ1) is 10.6. The molecule has 0 bridgehead atoms. The minimum atomic E-state index is 0.791. The van der Waals surface area contributed by atoms with E-state index in [1.165, 1.54) is 61.8 Å². The molecule has 1 atom stereocenters. The Hall–Kier alpha value is -1.28. The van der Waals surface area contributed by atoms with E-state index >= 15 is 0 Å². The number of nitrogens with zero attached hydrogens (tertiary/aromatic N) is 1. The van der Waals surface area contributed by atoms with Crippen molar-refractivity contribution in [1.82, 2.24) is 9.88 Å². The van der Waals surface area contributed by atoms with Gasteiger partial charge >= 0.3 is 0 Å². The molecule has 0 saturated carbocycles. The average molecular weight is 240 g/mol. The van der Waals surface area contributed by atoms with Crippen molar-refractivity contribution in [2.45, 2.75) is 38.1 Å². The van der Waals surface area contributed by atoms with Crippen LogP contribution in [0.2, 0.25) is 0 Å². The number of fused-ring (bicyclic) bond motifs is 3. The highest BCUT2D eigenvalue weighted by atomic mass is 15.2. The summed E-state index contributed by atoms with van der Waals surface area (Å²) in [5.74, 6) is 0. The summed E-state index contributed by atoms with van der Waals surface area (Å²) in [5, 5.41) is 1.45. The van der Waals surface area contributed by atoms with Crippen LogP contribution in [0.25, 0.3) is 10.9 Å². The molecule has 1 aliphatic heterocycles. The van der Waals surface area contributed by atoms with Gasteiger partial charge in [0.25, 0.3) is 0 Å². The van der Waals surface area contributed by atoms with E-state index in [4.69, 9.17) is 0 Å². The van der Waals surface area contributed by atoms with Crippen LogP contribution in [0.1, 0.15) is 30.5 Å². The number of aromatic amines is 1. The lowest BCUT2D eigenvalue weighted by atomic mass is 9.90. The van der Waals surface area contributed by atoms with Gasteiger partial charge in [0.05, 0.1) is 0 Å². The van der Waals surface area contributed by atoms with Crippen molar-refractivity contribution in [1.29, 1.82) is 0 Å². The van der Waals surface area contributed by atoms with Crippen LogP contribution in [0.4, 0.5) is 0 Å². The summed E-state index contributed by atoms with van der Waals surface area (Å²) in [6, 6.07) is 9.56. The highest BCUT2D eigenvalue weighted by molar-refractivity contribution is 5.84. The smallest absolute Gasteiger partial charge is 0.0458 e. The summed E-state index contributed by atoms with van der Waals surface area (Å²) in [5.41, 5.74) is 4.41. The van der Waals surface area contributed by atoms with E-state index < -0.39 is 0 Å². The molecular weight excluding hydrogens is 220 g/mol. The third kappa shape index (κ3) is 1.59. The van der Waals surface area contributed by atoms with Crippen LogP contribution in [-0.2, 0) is 12.8 Å². The van der Waals surface area contributed by atoms with E-state index in [1.54, 1.807) is 5.56 Å². The first-order chi connectivity index (χ1) is 8.92. The average Bonchev–Trinajstić information content (AvgIpc) is 3.05. The Balaban J connectivity index is 1.70. The van der Waals surface area contributed by atoms with Gasteiger partial charge < -0.3 is 9.88 Å². The molecular formula is C16H20N2. The molecule has 0 spiro atoms. The predicted octanol–water partition coefficient (Wildman–Crippen LogP) is 3.12. The Morgan fingerprint density at radius 2 is 1.94 bits per heavy atom. The second kappa shape index (κ2) is 4.13. The van der Waals surface area contributed by atoms with Crippen LogP contribution in [0, 0.1) is 0 Å². The van der Waals surface area contributed by atoms with Crippen LogP contribution >= 0.6 is 0 Å². The van der Waals surface area contributed by atoms with E-state index in [1.807, 2.05) is 0 Å². The summed E-state index contributed by atoms with van der Waals surface area (Å²) >= 11 is 0. The third-order valence-corrected chi connectivity index (χ3v) is 4.73. The van der Waals surface area contributed by atoms with Gasteiger partial charge in [-0.3, -0.25) is 0 Å². The summed E-state index contributed by atoms with van der Waals surface area (Å²) in [4.78, 5) is 6.32. The van der Waals surface area contributed by atoms with Gasteiger partial charge in [-0.05, 0) is 56.8 Å². The zero-order chi connectivity index (χ0) is 11.9. The number of benzene rings is 1. The summed E-state index contributed by atoms with van der Waals surface area (Å²) < 4.78 is 0. The van der Waals surface area contributed by atoms with Crippen molar-refractivity contribution in [2.75, 3.05) is 13.1 Å². The number of hydrogen-bond donors (Lipinski definition) is 1. The van der Waals surface area contributed by atoms with E-state index in [2.05, 4.69) is 34.1 Å². The monoisotopic (exact) mass is 240 g/mol. The molecule has 0 radical (unpaired) electrons. The van der Waals surface area contributed by atoms with Crippen molar-refractivity contribution in [3.63, 3.8) is 0 Å². The molecule has 1 aromatic carbocycles. The molecule has 0 unspecified atom stereocenters. The number of nitrogens with one attached hydrogen (secondary N) is 1. The zero-order valence-electron chi connectivity index (χ0n) is 10.8. The number of H-pyrrole nitrogens is 1. The molecule has 1 aromatic heterocycles. The molecule has 2 nitrogen and oxygen atoms in total. The fourth-order valence-electron chi connectivity index (χ4n) is 3.77. The molecule has 94 valence electrons. The van der Waals surface area contributed by atoms with Crippen molar-refractivity contribution in [3.05, 3.63) is 35.5 Å². The van der Waals surface area contributed by atoms with Gasteiger partial charge in [-0.1, -0.05) is 18.2 Å². The summed E-state index contributed by atoms with van der Waals surface area (Å²) in [6.45, 7) is 2.64. The van der Waals surface area contributed by atoms with E-state index in [0.717, 1.165) is 6.04 Å². The minimum absolute atomic E-state index is 0.791. The molecule has 1 saturated heterocycles. The van der Waals surface area contributed by atoms with Gasteiger partial charge in [0.1, 0.15) is 0 Å². The molecule has 1 aliphatic carbocycles. The zero-order valence-corrected chi connectivity index (χ0v) is 10.8. The fourth-order valence-corrected chi connectivity index (χ4v) is 3.77. The highest BCUT2D eigenvalue weighted by Gasteiger charge is 2.28. The number of para-hydroxylation sites is 1. The molecule has 0 amide bonds. The van der Waals surface area contributed by atoms with E-state index in [-0.39, 0.29) is 0 Å². The quantitative estimate of drug-likeness (QED) is 0.811. The maximum Gasteiger partial charge on any atom is 0.0458 e. The van der Waals surface area contributed by atoms with Crippen molar-refractivity contribution >= 4 is 10.9 Å². The number of aryl methyl sites for hydroxylation is 1. The number of likely N-dealkylation sites (tertiary alicyclic amines) is 1. The highest BCUT2D eigenvalue weighted by Crippen LogP contribution is 2.31. The largest absolute Gasteiger partial charge is 0.358 e. The number of rotatable bonds is 1. The Morgan fingerprint density at radius 3 is 2.83 bits per heavy atom. The second-order valence-corrected chi connectivity index (χ2v) is 5.77. The lowest BCUT2D eigenvalue weighted by molar-refractivity contribution is 0.222. The van der Waals surface area contributed by atoms with Gasteiger partial charge in [-0.25, -0.2) is 0 Å². The number of hydrogen-bond acceptors (Lipinski definition) is 1. The first-order valence-electron chi connectivity index (χ1n) is 7.24. The SMILES string of the molecule is c1ccc2c3c([nH]c2c1)CC[C@@H](N1CCCC1)C3. The van der Waals surface area contributed by atoms with Crippen LogP contribution in [0.3, 0.4) is 0 Å². The maximum absolute atomic E-state index is 3.61. The van der Waals surface area contributed by atoms with Crippen molar-refractivity contribution in [2.24, 2.45) is 0 Å². The van der Waals surface area contributed by atoms with Crippen LogP contribution in [0.5, 0.6) is 0 Å². The Bertz CT molecular complexity index is 563. The van der Waals surface area contributed by atoms with Gasteiger partial charge in [-0.15, -0.1) is 0 Å². The molecule has 2 heteroatoms. The Labute approximate surface area is 108 Å². The standard InChI is InChI=1S/C16H20N2/c1-2-6-15-13(5-1)14-11-12(7-8-16(14)17-15)18-9-3-4-10-18/h1-2,5-6,12,17H,3-4,7-11H2/t12-/m1/s1. The molecule has 1 fully saturated rings. The van der Waals surface area contributed by atoms with Gasteiger partial charge in [0.15, 0.2) is 0 Å². The molecule has 2 aliphatic rings. The molecule has 2 aromatic rings. The minimum Gasteiger partial charge on any atom is -0.358 e. The predicted molar refractivity (Wildman–Crippen MR) is 74.9 cm³/mol. The second-order valence-electron chi connectivity index (χ2n) is 5.77. The fraction of sp³-hybridized carbons (Fsp3) is 0.500. The topological polar surface area (TPSA) is 19.0 Å². The number of aromatic nitrogens is 1. The Kier molecular flexibility index (Phi) is 2.44. The van der Waals surface area contributed by atoms with Gasteiger partial charge in [-0.2, -0.15) is 0 Å². The van der Waals surface area contributed by atoms with Crippen LogP contribution in [0.15, 0.2) is 24.3 Å². The molecule has 18 heavy (non-hydrogen) atoms. The molecule has 4 rings (SSSR count). The summed E-state index contributed by atoms with van der Waals surface area (Å²) in [6.07, 6.45) is 6.61. The van der Waals surface area contributed by atoms with Crippen molar-refractivity contribution < 1.29 is 0 Å². The molecule has 1 N–H and O–H groups in total. The van der Waals surface area contributed by atoms with Crippen molar-refractivity contribution in [3.8, 4) is 0 Å². The normalized spacial score (nSPS) is 24.6. The van der Waals surface area contributed by atoms with E-state index in [9.17, 15) is 0 Å².